The molecule has 0 saturated carbocycles. The van der Waals surface area contributed by atoms with Crippen LogP contribution in [0.25, 0.3) is 6.08 Å². The number of nitrogens with zero attached hydrogens (tertiary/aromatic N) is 1. The van der Waals surface area contributed by atoms with Gasteiger partial charge in [0, 0.05) is 23.4 Å². The van der Waals surface area contributed by atoms with Crippen LogP contribution in [0.2, 0.25) is 0 Å². The van der Waals surface area contributed by atoms with Gasteiger partial charge in [-0.25, -0.2) is 9.59 Å². The molecular formula is C23H26N2O4. The SMILES string of the molecule is CCOC(=O)/C=C/c1ccccc1N=Cc1ccccc1NC(=O)OC(C)(C)C. The highest BCUT2D eigenvalue weighted by atomic mass is 16.6. The minimum atomic E-state index is -0.586. The number of nitrogens with one attached hydrogen (secondary N) is 1. The van der Waals surface area contributed by atoms with E-state index in [4.69, 9.17) is 9.47 Å². The normalized spacial score (nSPS) is 11.6. The predicted octanol–water partition coefficient (Wildman–Crippen LogP) is 5.36. The van der Waals surface area contributed by atoms with Crippen LogP contribution in [-0.2, 0) is 14.3 Å². The zero-order valence-electron chi connectivity index (χ0n) is 17.1. The molecule has 2 rings (SSSR count). The third kappa shape index (κ3) is 7.62. The van der Waals surface area contributed by atoms with Gasteiger partial charge in [0.25, 0.3) is 0 Å². The van der Waals surface area contributed by atoms with Crippen molar-refractivity contribution in [3.63, 3.8) is 0 Å². The van der Waals surface area contributed by atoms with Crippen molar-refractivity contribution in [3.8, 4) is 0 Å². The summed E-state index contributed by atoms with van der Waals surface area (Å²) in [6, 6.07) is 14.7. The van der Waals surface area contributed by atoms with Crippen molar-refractivity contribution in [2.45, 2.75) is 33.3 Å². The van der Waals surface area contributed by atoms with Crippen molar-refractivity contribution in [2.24, 2.45) is 4.99 Å². The molecule has 2 aromatic carbocycles. The zero-order valence-corrected chi connectivity index (χ0v) is 17.1. The Labute approximate surface area is 171 Å². The number of anilines is 1. The summed E-state index contributed by atoms with van der Waals surface area (Å²) in [5, 5.41) is 2.74. The molecule has 0 aromatic heterocycles. The van der Waals surface area contributed by atoms with Crippen molar-refractivity contribution in [1.29, 1.82) is 0 Å². The average Bonchev–Trinajstić information content (AvgIpc) is 2.65. The summed E-state index contributed by atoms with van der Waals surface area (Å²) in [6.07, 6.45) is 4.16. The van der Waals surface area contributed by atoms with Crippen molar-refractivity contribution < 1.29 is 19.1 Å². The van der Waals surface area contributed by atoms with Crippen molar-refractivity contribution in [2.75, 3.05) is 11.9 Å². The second kappa shape index (κ2) is 10.2. The number of para-hydroxylation sites is 2. The highest BCUT2D eigenvalue weighted by molar-refractivity contribution is 5.96. The smallest absolute Gasteiger partial charge is 0.412 e. The maximum Gasteiger partial charge on any atom is 0.412 e. The zero-order chi connectivity index (χ0) is 21.3. The third-order valence-electron chi connectivity index (χ3n) is 3.56. The van der Waals surface area contributed by atoms with Crippen LogP contribution in [0.1, 0.15) is 38.8 Å². The molecule has 6 nitrogen and oxygen atoms in total. The molecule has 0 atom stereocenters. The van der Waals surface area contributed by atoms with E-state index in [1.54, 1.807) is 46.1 Å². The lowest BCUT2D eigenvalue weighted by atomic mass is 10.1. The molecule has 0 heterocycles. The quantitative estimate of drug-likeness (QED) is 0.406. The summed E-state index contributed by atoms with van der Waals surface area (Å²) in [5.74, 6) is -0.404. The molecule has 0 radical (unpaired) electrons. The Morgan fingerprint density at radius 2 is 1.69 bits per heavy atom. The van der Waals surface area contributed by atoms with Gasteiger partial charge in [0.2, 0.25) is 0 Å². The maximum atomic E-state index is 12.1. The maximum absolute atomic E-state index is 12.1. The Morgan fingerprint density at radius 1 is 1.03 bits per heavy atom. The molecule has 0 saturated heterocycles. The summed E-state index contributed by atoms with van der Waals surface area (Å²) < 4.78 is 10.2. The van der Waals surface area contributed by atoms with Crippen LogP contribution in [0.4, 0.5) is 16.2 Å². The second-order valence-corrected chi connectivity index (χ2v) is 7.12. The second-order valence-electron chi connectivity index (χ2n) is 7.12. The van der Waals surface area contributed by atoms with E-state index in [1.807, 2.05) is 42.5 Å². The van der Waals surface area contributed by atoms with Crippen molar-refractivity contribution in [1.82, 2.24) is 0 Å². The molecule has 0 aliphatic carbocycles. The molecule has 152 valence electrons. The summed E-state index contributed by atoms with van der Waals surface area (Å²) in [5.41, 5.74) is 2.18. The molecule has 1 N–H and O–H groups in total. The summed E-state index contributed by atoms with van der Waals surface area (Å²) in [6.45, 7) is 7.50. The minimum Gasteiger partial charge on any atom is -0.463 e. The van der Waals surface area contributed by atoms with Gasteiger partial charge in [0.1, 0.15) is 5.60 Å². The van der Waals surface area contributed by atoms with Crippen LogP contribution in [0.5, 0.6) is 0 Å². The lowest BCUT2D eigenvalue weighted by Crippen LogP contribution is -2.27. The molecule has 1 amide bonds. The summed E-state index contributed by atoms with van der Waals surface area (Å²) >= 11 is 0. The molecule has 0 aliphatic rings. The molecule has 0 unspecified atom stereocenters. The number of carbonyl (C=O) groups excluding carboxylic acids is 2. The molecular weight excluding hydrogens is 368 g/mol. The van der Waals surface area contributed by atoms with Crippen LogP contribution in [0.3, 0.4) is 0 Å². The van der Waals surface area contributed by atoms with Gasteiger partial charge >= 0.3 is 12.1 Å². The lowest BCUT2D eigenvalue weighted by Gasteiger charge is -2.20. The number of carbonyl (C=O) groups is 2. The number of hydrogen-bond donors (Lipinski definition) is 1. The first-order valence-corrected chi connectivity index (χ1v) is 9.35. The van der Waals surface area contributed by atoms with Crippen LogP contribution in [-0.4, -0.2) is 30.5 Å². The van der Waals surface area contributed by atoms with Crippen molar-refractivity contribution in [3.05, 3.63) is 65.7 Å². The highest BCUT2D eigenvalue weighted by Crippen LogP contribution is 2.22. The monoisotopic (exact) mass is 394 g/mol. The molecule has 0 bridgehead atoms. The van der Waals surface area contributed by atoms with E-state index in [2.05, 4.69) is 10.3 Å². The third-order valence-corrected chi connectivity index (χ3v) is 3.56. The first-order chi connectivity index (χ1) is 13.8. The Morgan fingerprint density at radius 3 is 2.38 bits per heavy atom. The number of ether oxygens (including phenoxy) is 2. The van der Waals surface area contributed by atoms with E-state index in [9.17, 15) is 9.59 Å². The molecule has 0 aliphatic heterocycles. The number of amides is 1. The molecule has 29 heavy (non-hydrogen) atoms. The fourth-order valence-corrected chi connectivity index (χ4v) is 2.37. The summed E-state index contributed by atoms with van der Waals surface area (Å²) in [4.78, 5) is 28.2. The van der Waals surface area contributed by atoms with Gasteiger partial charge in [0.15, 0.2) is 0 Å². The van der Waals surface area contributed by atoms with Gasteiger partial charge in [-0.3, -0.25) is 10.3 Å². The Hall–Kier alpha value is -3.41. The van der Waals surface area contributed by atoms with Crippen LogP contribution in [0, 0.1) is 0 Å². The number of rotatable bonds is 6. The number of benzene rings is 2. The van der Waals surface area contributed by atoms with E-state index < -0.39 is 17.7 Å². The van der Waals surface area contributed by atoms with E-state index in [0.29, 0.717) is 18.0 Å². The van der Waals surface area contributed by atoms with E-state index in [-0.39, 0.29) is 0 Å². The topological polar surface area (TPSA) is 77.0 Å². The molecule has 0 spiro atoms. The van der Waals surface area contributed by atoms with Gasteiger partial charge in [-0.05, 0) is 45.9 Å². The fourth-order valence-electron chi connectivity index (χ4n) is 2.37. The molecule has 0 fully saturated rings. The van der Waals surface area contributed by atoms with Gasteiger partial charge in [-0.2, -0.15) is 0 Å². The van der Waals surface area contributed by atoms with E-state index in [0.717, 1.165) is 11.1 Å². The highest BCUT2D eigenvalue weighted by Gasteiger charge is 2.16. The number of esters is 1. The Bertz CT molecular complexity index is 911. The van der Waals surface area contributed by atoms with Crippen LogP contribution < -0.4 is 5.32 Å². The Balaban J connectivity index is 2.21. The molecule has 6 heteroatoms. The van der Waals surface area contributed by atoms with Gasteiger partial charge in [0.05, 0.1) is 18.0 Å². The average molecular weight is 394 g/mol. The largest absolute Gasteiger partial charge is 0.463 e. The summed E-state index contributed by atoms with van der Waals surface area (Å²) in [7, 11) is 0. The Kier molecular flexibility index (Phi) is 7.71. The number of hydrogen-bond acceptors (Lipinski definition) is 5. The van der Waals surface area contributed by atoms with Crippen LogP contribution in [0.15, 0.2) is 59.6 Å². The minimum absolute atomic E-state index is 0.324. The first-order valence-electron chi connectivity index (χ1n) is 9.35. The van der Waals surface area contributed by atoms with Gasteiger partial charge in [-0.1, -0.05) is 36.4 Å². The predicted molar refractivity (Wildman–Crippen MR) is 116 cm³/mol. The van der Waals surface area contributed by atoms with Crippen LogP contribution >= 0.6 is 0 Å². The fraction of sp³-hybridized carbons (Fsp3) is 0.261. The first kappa shape index (κ1) is 21.9. The van der Waals surface area contributed by atoms with E-state index in [1.165, 1.54) is 6.08 Å². The molecule has 2 aromatic rings. The van der Waals surface area contributed by atoms with E-state index >= 15 is 0 Å². The lowest BCUT2D eigenvalue weighted by molar-refractivity contribution is -0.137. The standard InChI is InChI=1S/C23H26N2O4/c1-5-28-21(26)15-14-17-10-6-8-12-19(17)24-16-18-11-7-9-13-20(18)25-22(27)29-23(2,3)4/h6-16H,5H2,1-4H3,(H,25,27)/b15-14+,24-16?. The van der Waals surface area contributed by atoms with Gasteiger partial charge < -0.3 is 9.47 Å². The van der Waals surface area contributed by atoms with Gasteiger partial charge in [-0.15, -0.1) is 0 Å². The number of aliphatic imine (C=N–C) groups is 1. The van der Waals surface area contributed by atoms with Crippen molar-refractivity contribution >= 4 is 35.7 Å².